The van der Waals surface area contributed by atoms with Gasteiger partial charge in [-0.05, 0) is 58.2 Å². The Balaban J connectivity index is 3.26. The van der Waals surface area contributed by atoms with Crippen LogP contribution in [0.25, 0.3) is 0 Å². The van der Waals surface area contributed by atoms with Crippen molar-refractivity contribution < 1.29 is 19.1 Å². The maximum Gasteiger partial charge on any atom is 0.408 e. The van der Waals surface area contributed by atoms with E-state index in [1.54, 1.807) is 56.9 Å². The van der Waals surface area contributed by atoms with E-state index in [1.165, 1.54) is 0 Å². The highest BCUT2D eigenvalue weighted by Gasteiger charge is 2.34. The van der Waals surface area contributed by atoms with Gasteiger partial charge in [-0.1, -0.05) is 64.0 Å². The maximum atomic E-state index is 13.7. The molecule has 0 saturated heterocycles. The molecule has 0 aliphatic carbocycles. The fraction of sp³-hybridized carbons (Fsp3) is 0.621. The van der Waals surface area contributed by atoms with Crippen molar-refractivity contribution in [1.29, 1.82) is 0 Å². The summed E-state index contributed by atoms with van der Waals surface area (Å²) < 4.78 is 5.33. The summed E-state index contributed by atoms with van der Waals surface area (Å²) in [5.41, 5.74) is 0.683. The lowest BCUT2D eigenvalue weighted by Crippen LogP contribution is -2.52. The first-order valence-electron chi connectivity index (χ1n) is 13.2. The number of amides is 3. The predicted octanol–water partition coefficient (Wildman–Crippen LogP) is 5.34. The van der Waals surface area contributed by atoms with Crippen LogP contribution >= 0.6 is 0 Å². The minimum absolute atomic E-state index is 0.247. The van der Waals surface area contributed by atoms with Gasteiger partial charge in [0.05, 0.1) is 0 Å². The van der Waals surface area contributed by atoms with E-state index in [0.717, 1.165) is 44.9 Å². The molecule has 2 atom stereocenters. The average Bonchev–Trinajstić information content (AvgIpc) is 2.81. The molecule has 0 aliphatic rings. The van der Waals surface area contributed by atoms with Gasteiger partial charge in [0, 0.05) is 18.7 Å². The summed E-state index contributed by atoms with van der Waals surface area (Å²) in [7, 11) is 0. The Morgan fingerprint density at radius 2 is 1.61 bits per heavy atom. The molecule has 200 valence electrons. The molecular weight excluding hydrogens is 454 g/mol. The largest absolute Gasteiger partial charge is 0.444 e. The van der Waals surface area contributed by atoms with Crippen molar-refractivity contribution in [3.8, 4) is 12.3 Å². The Morgan fingerprint density at radius 1 is 1.00 bits per heavy atom. The van der Waals surface area contributed by atoms with Crippen molar-refractivity contribution >= 4 is 17.9 Å². The number of unbranched alkanes of at least 4 members (excludes halogenated alkanes) is 5. The molecule has 1 aromatic carbocycles. The van der Waals surface area contributed by atoms with Crippen LogP contribution in [0.5, 0.6) is 0 Å². The standard InChI is InChI=1S/C29H45N3O4/c1-8-11-13-14-15-21-32(27(34)22(4)31-28(35)36-29(5,6)7)25(26(33)30-20-12-9-2)24-18-16-23(10-3)17-19-24/h3,16-19,22,25H,8-9,11-15,20-21H2,1-2,4-7H3,(H,30,33)(H,31,35). The van der Waals surface area contributed by atoms with Gasteiger partial charge >= 0.3 is 6.09 Å². The van der Waals surface area contributed by atoms with Gasteiger partial charge in [0.15, 0.2) is 0 Å². The molecule has 0 bridgehead atoms. The van der Waals surface area contributed by atoms with E-state index in [-0.39, 0.29) is 11.8 Å². The first-order valence-corrected chi connectivity index (χ1v) is 13.2. The van der Waals surface area contributed by atoms with Crippen LogP contribution < -0.4 is 10.6 Å². The van der Waals surface area contributed by atoms with Gasteiger partial charge in [-0.2, -0.15) is 0 Å². The third-order valence-electron chi connectivity index (χ3n) is 5.67. The highest BCUT2D eigenvalue weighted by molar-refractivity contribution is 5.92. The number of benzene rings is 1. The zero-order chi connectivity index (χ0) is 27.1. The van der Waals surface area contributed by atoms with Gasteiger partial charge in [-0.25, -0.2) is 4.79 Å². The Labute approximate surface area is 217 Å². The summed E-state index contributed by atoms with van der Waals surface area (Å²) in [5.74, 6) is 2.00. The molecule has 3 amide bonds. The van der Waals surface area contributed by atoms with Gasteiger partial charge in [-0.3, -0.25) is 9.59 Å². The molecule has 7 heteroatoms. The molecule has 1 aromatic rings. The number of terminal acetylenes is 1. The minimum atomic E-state index is -0.869. The highest BCUT2D eigenvalue weighted by Crippen LogP contribution is 2.24. The zero-order valence-corrected chi connectivity index (χ0v) is 23.0. The molecule has 0 aromatic heterocycles. The van der Waals surface area contributed by atoms with Crippen molar-refractivity contribution in [2.45, 2.75) is 104 Å². The first-order chi connectivity index (χ1) is 17.0. The normalized spacial score (nSPS) is 12.7. The van der Waals surface area contributed by atoms with Gasteiger partial charge in [0.25, 0.3) is 0 Å². The van der Waals surface area contributed by atoms with E-state index in [0.29, 0.717) is 24.2 Å². The summed E-state index contributed by atoms with van der Waals surface area (Å²) in [6, 6.07) is 5.43. The topological polar surface area (TPSA) is 87.7 Å². The Hall–Kier alpha value is -3.01. The monoisotopic (exact) mass is 499 g/mol. The van der Waals surface area contributed by atoms with E-state index in [2.05, 4.69) is 30.4 Å². The van der Waals surface area contributed by atoms with Crippen LogP contribution in [-0.2, 0) is 14.3 Å². The van der Waals surface area contributed by atoms with Gasteiger partial charge in [0.2, 0.25) is 11.8 Å². The van der Waals surface area contributed by atoms with Gasteiger partial charge < -0.3 is 20.3 Å². The molecule has 2 unspecified atom stereocenters. The number of alkyl carbamates (subject to hydrolysis) is 1. The lowest BCUT2D eigenvalue weighted by atomic mass is 10.0. The average molecular weight is 500 g/mol. The SMILES string of the molecule is C#Cc1ccc(C(C(=O)NCCCC)N(CCCCCCC)C(=O)C(C)NC(=O)OC(C)(C)C)cc1. The number of carbonyl (C=O) groups excluding carboxylic acids is 3. The van der Waals surface area contributed by atoms with Gasteiger partial charge in [0.1, 0.15) is 17.7 Å². The third-order valence-corrected chi connectivity index (χ3v) is 5.67. The number of nitrogens with one attached hydrogen (secondary N) is 2. The predicted molar refractivity (Wildman–Crippen MR) is 144 cm³/mol. The van der Waals surface area contributed by atoms with Crippen LogP contribution in [0.4, 0.5) is 4.79 Å². The summed E-state index contributed by atoms with van der Waals surface area (Å²) in [6.07, 6.45) is 11.6. The third kappa shape index (κ3) is 11.2. The van der Waals surface area contributed by atoms with Crippen LogP contribution in [-0.4, -0.2) is 47.5 Å². The van der Waals surface area contributed by atoms with Crippen molar-refractivity contribution in [2.75, 3.05) is 13.1 Å². The zero-order valence-electron chi connectivity index (χ0n) is 23.0. The quantitative estimate of drug-likeness (QED) is 0.267. The van der Waals surface area contributed by atoms with Gasteiger partial charge in [-0.15, -0.1) is 6.42 Å². The summed E-state index contributed by atoms with van der Waals surface area (Å²) in [5, 5.41) is 5.62. The Morgan fingerprint density at radius 3 is 2.17 bits per heavy atom. The number of carbonyl (C=O) groups is 3. The highest BCUT2D eigenvalue weighted by atomic mass is 16.6. The maximum absolute atomic E-state index is 13.7. The Bertz CT molecular complexity index is 868. The lowest BCUT2D eigenvalue weighted by molar-refractivity contribution is -0.142. The first kappa shape index (κ1) is 31.0. The molecule has 0 saturated carbocycles. The summed E-state index contributed by atoms with van der Waals surface area (Å²) in [6.45, 7) is 12.0. The second kappa shape index (κ2) is 15.9. The van der Waals surface area contributed by atoms with E-state index in [4.69, 9.17) is 11.2 Å². The van der Waals surface area contributed by atoms with E-state index in [9.17, 15) is 14.4 Å². The molecule has 0 heterocycles. The molecular formula is C29H45N3O4. The smallest absolute Gasteiger partial charge is 0.408 e. The van der Waals surface area contributed by atoms with E-state index >= 15 is 0 Å². The minimum Gasteiger partial charge on any atom is -0.444 e. The van der Waals surface area contributed by atoms with Crippen LogP contribution in [0.1, 0.15) is 104 Å². The van der Waals surface area contributed by atoms with Crippen LogP contribution in [0.3, 0.4) is 0 Å². The van der Waals surface area contributed by atoms with Crippen LogP contribution in [0.2, 0.25) is 0 Å². The molecule has 36 heavy (non-hydrogen) atoms. The van der Waals surface area contributed by atoms with Crippen LogP contribution in [0, 0.1) is 12.3 Å². The second-order valence-corrected chi connectivity index (χ2v) is 10.1. The summed E-state index contributed by atoms with van der Waals surface area (Å²) >= 11 is 0. The fourth-order valence-electron chi connectivity index (χ4n) is 3.77. The lowest BCUT2D eigenvalue weighted by Gasteiger charge is -2.34. The fourth-order valence-corrected chi connectivity index (χ4v) is 3.77. The molecule has 0 aliphatic heterocycles. The summed E-state index contributed by atoms with van der Waals surface area (Å²) in [4.78, 5) is 41.0. The number of hydrogen-bond acceptors (Lipinski definition) is 4. The van der Waals surface area contributed by atoms with E-state index < -0.39 is 23.8 Å². The second-order valence-electron chi connectivity index (χ2n) is 10.1. The Kier molecular flexibility index (Phi) is 13.7. The molecule has 2 N–H and O–H groups in total. The number of ether oxygens (including phenoxy) is 1. The number of nitrogens with zero attached hydrogens (tertiary/aromatic N) is 1. The van der Waals surface area contributed by atoms with Crippen molar-refractivity contribution in [2.24, 2.45) is 0 Å². The molecule has 0 spiro atoms. The molecule has 0 fully saturated rings. The van der Waals surface area contributed by atoms with Crippen molar-refractivity contribution in [3.05, 3.63) is 35.4 Å². The molecule has 1 rings (SSSR count). The van der Waals surface area contributed by atoms with Crippen molar-refractivity contribution in [3.63, 3.8) is 0 Å². The number of rotatable bonds is 14. The number of hydrogen-bond donors (Lipinski definition) is 2. The van der Waals surface area contributed by atoms with Crippen LogP contribution in [0.15, 0.2) is 24.3 Å². The van der Waals surface area contributed by atoms with E-state index in [1.807, 2.05) is 0 Å². The molecule has 0 radical (unpaired) electrons. The van der Waals surface area contributed by atoms with Crippen molar-refractivity contribution in [1.82, 2.24) is 15.5 Å². The molecule has 7 nitrogen and oxygen atoms in total.